The molecule has 0 saturated carbocycles. The fourth-order valence-corrected chi connectivity index (χ4v) is 2.10. The van der Waals surface area contributed by atoms with Crippen molar-refractivity contribution in [2.75, 3.05) is 6.61 Å². The molecule has 22 heavy (non-hydrogen) atoms. The molecular formula is C15H12BrClN2O3. The van der Waals surface area contributed by atoms with Crippen LogP contribution in [0.2, 0.25) is 5.02 Å². The number of rotatable bonds is 5. The molecule has 0 heterocycles. The molecule has 0 atom stereocenters. The van der Waals surface area contributed by atoms with Crippen molar-refractivity contribution in [2.45, 2.75) is 0 Å². The monoisotopic (exact) mass is 382 g/mol. The van der Waals surface area contributed by atoms with E-state index in [4.69, 9.17) is 16.3 Å². The third kappa shape index (κ3) is 5.05. The number of phenolic OH excluding ortho intramolecular Hbond substituents is 1. The van der Waals surface area contributed by atoms with Crippen molar-refractivity contribution in [3.05, 3.63) is 57.5 Å². The number of hydrogen-bond donors (Lipinski definition) is 2. The van der Waals surface area contributed by atoms with Gasteiger partial charge in [-0.15, -0.1) is 0 Å². The Morgan fingerprint density at radius 1 is 1.36 bits per heavy atom. The topological polar surface area (TPSA) is 70.9 Å². The number of benzene rings is 2. The molecule has 7 heteroatoms. The van der Waals surface area contributed by atoms with Crippen LogP contribution in [0.25, 0.3) is 0 Å². The molecular weight excluding hydrogens is 372 g/mol. The highest BCUT2D eigenvalue weighted by molar-refractivity contribution is 9.10. The van der Waals surface area contributed by atoms with E-state index in [0.717, 1.165) is 4.47 Å². The number of nitrogens with zero attached hydrogens (tertiary/aromatic N) is 1. The summed E-state index contributed by atoms with van der Waals surface area (Å²) in [7, 11) is 0. The maximum Gasteiger partial charge on any atom is 0.277 e. The number of aromatic hydroxyl groups is 1. The predicted octanol–water partition coefficient (Wildman–Crippen LogP) is 3.34. The summed E-state index contributed by atoms with van der Waals surface area (Å²) in [6, 6.07) is 11.6. The van der Waals surface area contributed by atoms with Crippen LogP contribution in [-0.4, -0.2) is 23.8 Å². The van der Waals surface area contributed by atoms with Crippen molar-refractivity contribution in [3.8, 4) is 11.5 Å². The lowest BCUT2D eigenvalue weighted by molar-refractivity contribution is -0.123. The number of amides is 1. The van der Waals surface area contributed by atoms with Gasteiger partial charge in [-0.2, -0.15) is 5.10 Å². The number of carbonyl (C=O) groups is 1. The van der Waals surface area contributed by atoms with Gasteiger partial charge in [0.2, 0.25) is 0 Å². The van der Waals surface area contributed by atoms with Crippen molar-refractivity contribution in [1.82, 2.24) is 5.43 Å². The first kappa shape index (κ1) is 16.3. The Labute approximate surface area is 140 Å². The van der Waals surface area contributed by atoms with Crippen LogP contribution in [0.5, 0.6) is 11.5 Å². The fraction of sp³-hybridized carbons (Fsp3) is 0.0667. The number of halogens is 2. The minimum atomic E-state index is -0.425. The van der Waals surface area contributed by atoms with Crippen LogP contribution in [0, 0.1) is 0 Å². The maximum absolute atomic E-state index is 11.6. The van der Waals surface area contributed by atoms with Crippen LogP contribution in [0.1, 0.15) is 5.56 Å². The van der Waals surface area contributed by atoms with Crippen molar-refractivity contribution < 1.29 is 14.6 Å². The van der Waals surface area contributed by atoms with Crippen LogP contribution in [0.4, 0.5) is 0 Å². The molecule has 2 N–H and O–H groups in total. The lowest BCUT2D eigenvalue weighted by Gasteiger charge is -2.05. The normalized spacial score (nSPS) is 10.6. The van der Waals surface area contributed by atoms with E-state index in [1.165, 1.54) is 12.3 Å². The molecule has 5 nitrogen and oxygen atoms in total. The van der Waals surface area contributed by atoms with Gasteiger partial charge in [-0.25, -0.2) is 5.43 Å². The zero-order chi connectivity index (χ0) is 15.9. The van der Waals surface area contributed by atoms with Gasteiger partial charge >= 0.3 is 0 Å². The average molecular weight is 384 g/mol. The summed E-state index contributed by atoms with van der Waals surface area (Å²) in [5, 5.41) is 13.9. The summed E-state index contributed by atoms with van der Waals surface area (Å²) >= 11 is 9.09. The van der Waals surface area contributed by atoms with Crippen LogP contribution in [-0.2, 0) is 4.79 Å². The van der Waals surface area contributed by atoms with E-state index in [1.807, 2.05) is 0 Å². The van der Waals surface area contributed by atoms with Crippen LogP contribution >= 0.6 is 27.5 Å². The van der Waals surface area contributed by atoms with Gasteiger partial charge in [0.1, 0.15) is 11.5 Å². The Kier molecular flexibility index (Phi) is 5.80. The zero-order valence-electron chi connectivity index (χ0n) is 11.3. The fourth-order valence-electron chi connectivity index (χ4n) is 1.54. The van der Waals surface area contributed by atoms with Gasteiger partial charge < -0.3 is 9.84 Å². The molecule has 0 radical (unpaired) electrons. The number of nitrogens with one attached hydrogen (secondary N) is 1. The second-order valence-electron chi connectivity index (χ2n) is 4.24. The van der Waals surface area contributed by atoms with E-state index >= 15 is 0 Å². The predicted molar refractivity (Wildman–Crippen MR) is 88.5 cm³/mol. The molecule has 0 bridgehead atoms. The number of carbonyl (C=O) groups excluding carboxylic acids is 1. The summed E-state index contributed by atoms with van der Waals surface area (Å²) in [6.07, 6.45) is 1.34. The van der Waals surface area contributed by atoms with E-state index in [1.54, 1.807) is 36.4 Å². The molecule has 1 amide bonds. The van der Waals surface area contributed by atoms with Crippen LogP contribution in [0.3, 0.4) is 0 Å². The first-order chi connectivity index (χ1) is 10.5. The van der Waals surface area contributed by atoms with Crippen LogP contribution < -0.4 is 10.2 Å². The molecule has 0 saturated heterocycles. The van der Waals surface area contributed by atoms with Gasteiger partial charge in [-0.1, -0.05) is 33.6 Å². The van der Waals surface area contributed by atoms with E-state index in [0.29, 0.717) is 16.3 Å². The second kappa shape index (κ2) is 7.82. The molecule has 0 aliphatic carbocycles. The molecule has 2 aromatic carbocycles. The summed E-state index contributed by atoms with van der Waals surface area (Å²) in [4.78, 5) is 11.6. The zero-order valence-corrected chi connectivity index (χ0v) is 13.6. The van der Waals surface area contributed by atoms with Gasteiger partial charge in [-0.05, 0) is 36.4 Å². The molecule has 0 aliphatic heterocycles. The van der Waals surface area contributed by atoms with E-state index < -0.39 is 5.91 Å². The second-order valence-corrected chi connectivity index (χ2v) is 5.59. The van der Waals surface area contributed by atoms with Gasteiger partial charge in [0.05, 0.1) is 6.21 Å². The number of phenols is 1. The lowest BCUT2D eigenvalue weighted by Crippen LogP contribution is -2.24. The molecule has 0 unspecified atom stereocenters. The Morgan fingerprint density at radius 2 is 2.18 bits per heavy atom. The first-order valence-corrected chi connectivity index (χ1v) is 7.40. The molecule has 2 aromatic rings. The minimum Gasteiger partial charge on any atom is -0.507 e. The largest absolute Gasteiger partial charge is 0.507 e. The van der Waals surface area contributed by atoms with Gasteiger partial charge in [0.15, 0.2) is 6.61 Å². The Morgan fingerprint density at radius 3 is 2.95 bits per heavy atom. The highest BCUT2D eigenvalue weighted by atomic mass is 79.9. The average Bonchev–Trinajstić information content (AvgIpc) is 2.49. The lowest BCUT2D eigenvalue weighted by atomic mass is 10.2. The highest BCUT2D eigenvalue weighted by Crippen LogP contribution is 2.20. The minimum absolute atomic E-state index is 0.0661. The van der Waals surface area contributed by atoms with Crippen molar-refractivity contribution in [2.24, 2.45) is 5.10 Å². The van der Waals surface area contributed by atoms with Crippen LogP contribution in [0.15, 0.2) is 52.0 Å². The van der Waals surface area contributed by atoms with E-state index in [9.17, 15) is 9.90 Å². The smallest absolute Gasteiger partial charge is 0.277 e. The van der Waals surface area contributed by atoms with Gasteiger partial charge in [-0.3, -0.25) is 4.79 Å². The van der Waals surface area contributed by atoms with Crippen molar-refractivity contribution in [3.63, 3.8) is 0 Å². The van der Waals surface area contributed by atoms with Gasteiger partial charge in [0.25, 0.3) is 5.91 Å². The van der Waals surface area contributed by atoms with E-state index in [-0.39, 0.29) is 12.4 Å². The van der Waals surface area contributed by atoms with Crippen molar-refractivity contribution >= 4 is 39.7 Å². The summed E-state index contributed by atoms with van der Waals surface area (Å²) in [5.41, 5.74) is 2.79. The quantitative estimate of drug-likeness (QED) is 0.614. The summed E-state index contributed by atoms with van der Waals surface area (Å²) in [5.74, 6) is 0.137. The summed E-state index contributed by atoms with van der Waals surface area (Å²) < 4.78 is 6.06. The third-order valence-corrected chi connectivity index (χ3v) is 3.28. The third-order valence-electron chi connectivity index (χ3n) is 2.55. The number of ether oxygens (including phenoxy) is 1. The molecule has 0 aromatic heterocycles. The standard InChI is InChI=1S/C15H12BrClN2O3/c16-11-4-5-14(20)10(6-11)8-18-19-15(21)9-22-13-3-1-2-12(17)7-13/h1-8,20H,9H2,(H,19,21)/b18-8+. The molecule has 114 valence electrons. The SMILES string of the molecule is O=C(COc1cccc(Cl)c1)N/N=C/c1cc(Br)ccc1O. The molecule has 0 fully saturated rings. The Hall–Kier alpha value is -2.05. The van der Waals surface area contributed by atoms with E-state index in [2.05, 4.69) is 26.5 Å². The van der Waals surface area contributed by atoms with Gasteiger partial charge in [0, 0.05) is 15.1 Å². The molecule has 0 spiro atoms. The number of hydrogen-bond acceptors (Lipinski definition) is 4. The van der Waals surface area contributed by atoms with Crippen molar-refractivity contribution in [1.29, 1.82) is 0 Å². The number of hydrazone groups is 1. The maximum atomic E-state index is 11.6. The Balaban J connectivity index is 1.85. The molecule has 0 aliphatic rings. The Bertz CT molecular complexity index is 707. The molecule has 2 rings (SSSR count). The first-order valence-electron chi connectivity index (χ1n) is 6.23. The highest BCUT2D eigenvalue weighted by Gasteiger charge is 2.03. The summed E-state index contributed by atoms with van der Waals surface area (Å²) in [6.45, 7) is -0.192.